The fourth-order valence-corrected chi connectivity index (χ4v) is 2.21. The van der Waals surface area contributed by atoms with Crippen molar-refractivity contribution in [2.45, 2.75) is 39.2 Å². The molecule has 126 valence electrons. The molecule has 1 N–H and O–H groups in total. The van der Waals surface area contributed by atoms with Crippen LogP contribution in [-0.2, 0) is 21.4 Å². The van der Waals surface area contributed by atoms with E-state index in [1.54, 1.807) is 44.5 Å². The number of carbonyl (C=O) groups excluding carboxylic acids is 2. The van der Waals surface area contributed by atoms with Gasteiger partial charge in [-0.25, -0.2) is 4.98 Å². The van der Waals surface area contributed by atoms with Gasteiger partial charge in [0.05, 0.1) is 17.5 Å². The van der Waals surface area contributed by atoms with Crippen LogP contribution in [0.3, 0.4) is 0 Å². The predicted octanol–water partition coefficient (Wildman–Crippen LogP) is 2.51. The molecule has 0 saturated carbocycles. The second kappa shape index (κ2) is 6.71. The fraction of sp³-hybridized carbons (Fsp3) is 0.412. The number of para-hydroxylation sites is 1. The summed E-state index contributed by atoms with van der Waals surface area (Å²) in [5, 5.41) is 11.8. The standard InChI is InChI=1S/C17H20N4O3/c1-17(2,3)24-14(23)9-8-13(22)19-16-20-15-11(10-18)6-5-7-12(15)21(16)4/h5-7H,8-9H2,1-4H3,(H,19,20,22). The van der Waals surface area contributed by atoms with Gasteiger partial charge in [0.2, 0.25) is 11.9 Å². The first-order valence-corrected chi connectivity index (χ1v) is 7.58. The van der Waals surface area contributed by atoms with Crippen LogP contribution in [0, 0.1) is 11.3 Å². The second-order valence-corrected chi connectivity index (χ2v) is 6.41. The van der Waals surface area contributed by atoms with E-state index in [4.69, 9.17) is 10.00 Å². The van der Waals surface area contributed by atoms with Gasteiger partial charge in [-0.2, -0.15) is 5.26 Å². The molecule has 0 fully saturated rings. The van der Waals surface area contributed by atoms with Gasteiger partial charge in [0, 0.05) is 13.5 Å². The van der Waals surface area contributed by atoms with E-state index in [0.29, 0.717) is 17.0 Å². The van der Waals surface area contributed by atoms with Gasteiger partial charge in [0.15, 0.2) is 0 Å². The smallest absolute Gasteiger partial charge is 0.306 e. The molecule has 0 bridgehead atoms. The summed E-state index contributed by atoms with van der Waals surface area (Å²) in [6.07, 6.45) is -0.000280. The van der Waals surface area contributed by atoms with Crippen molar-refractivity contribution in [3.63, 3.8) is 0 Å². The van der Waals surface area contributed by atoms with Crippen molar-refractivity contribution in [2.75, 3.05) is 5.32 Å². The molecule has 0 atom stereocenters. The number of carbonyl (C=O) groups is 2. The molecule has 2 rings (SSSR count). The lowest BCUT2D eigenvalue weighted by atomic mass is 10.2. The summed E-state index contributed by atoms with van der Waals surface area (Å²) in [4.78, 5) is 28.0. The van der Waals surface area contributed by atoms with Crippen molar-refractivity contribution >= 4 is 28.9 Å². The zero-order valence-electron chi connectivity index (χ0n) is 14.2. The van der Waals surface area contributed by atoms with E-state index < -0.39 is 11.6 Å². The Bertz CT molecular complexity index is 825. The number of esters is 1. The molecule has 0 aliphatic carbocycles. The van der Waals surface area contributed by atoms with Crippen LogP contribution in [0.4, 0.5) is 5.95 Å². The third kappa shape index (κ3) is 4.10. The predicted molar refractivity (Wildman–Crippen MR) is 89.1 cm³/mol. The number of aryl methyl sites for hydroxylation is 1. The second-order valence-electron chi connectivity index (χ2n) is 6.41. The Morgan fingerprint density at radius 1 is 1.33 bits per heavy atom. The SMILES string of the molecule is Cn1c(NC(=O)CCC(=O)OC(C)(C)C)nc2c(C#N)cccc21. The molecule has 24 heavy (non-hydrogen) atoms. The van der Waals surface area contributed by atoms with E-state index in [0.717, 1.165) is 5.52 Å². The van der Waals surface area contributed by atoms with Crippen LogP contribution >= 0.6 is 0 Å². The molecule has 0 unspecified atom stereocenters. The average molecular weight is 328 g/mol. The number of ether oxygens (including phenoxy) is 1. The number of nitrogens with zero attached hydrogens (tertiary/aromatic N) is 3. The van der Waals surface area contributed by atoms with Gasteiger partial charge in [-0.3, -0.25) is 14.9 Å². The van der Waals surface area contributed by atoms with E-state index in [1.165, 1.54) is 0 Å². The zero-order valence-corrected chi connectivity index (χ0v) is 14.2. The highest BCUT2D eigenvalue weighted by Gasteiger charge is 2.18. The molecule has 0 aliphatic heterocycles. The summed E-state index contributed by atoms with van der Waals surface area (Å²) in [5.41, 5.74) is 1.15. The van der Waals surface area contributed by atoms with Crippen molar-refractivity contribution in [3.8, 4) is 6.07 Å². The number of aromatic nitrogens is 2. The Kier molecular flexibility index (Phi) is 4.88. The lowest BCUT2D eigenvalue weighted by Gasteiger charge is -2.19. The molecule has 7 nitrogen and oxygen atoms in total. The molecule has 0 aliphatic rings. The molecule has 0 saturated heterocycles. The van der Waals surface area contributed by atoms with Crippen LogP contribution in [-0.4, -0.2) is 27.0 Å². The van der Waals surface area contributed by atoms with Crippen molar-refractivity contribution in [1.29, 1.82) is 5.26 Å². The molecular formula is C17H20N4O3. The number of anilines is 1. The Morgan fingerprint density at radius 2 is 2.04 bits per heavy atom. The molecule has 1 aromatic heterocycles. The Hall–Kier alpha value is -2.88. The summed E-state index contributed by atoms with van der Waals surface area (Å²) in [7, 11) is 1.75. The van der Waals surface area contributed by atoms with Gasteiger partial charge < -0.3 is 9.30 Å². The molecular weight excluding hydrogens is 308 g/mol. The number of benzene rings is 1. The molecule has 1 amide bonds. The van der Waals surface area contributed by atoms with Crippen molar-refractivity contribution in [1.82, 2.24) is 9.55 Å². The van der Waals surface area contributed by atoms with Crippen LogP contribution in [0.25, 0.3) is 11.0 Å². The van der Waals surface area contributed by atoms with Crippen LogP contribution in [0.2, 0.25) is 0 Å². The zero-order chi connectivity index (χ0) is 17.9. The molecule has 1 aromatic carbocycles. The minimum Gasteiger partial charge on any atom is -0.460 e. The number of amides is 1. The van der Waals surface area contributed by atoms with Crippen LogP contribution in [0.1, 0.15) is 39.2 Å². The lowest BCUT2D eigenvalue weighted by molar-refractivity contribution is -0.155. The van der Waals surface area contributed by atoms with Crippen LogP contribution < -0.4 is 5.32 Å². The lowest BCUT2D eigenvalue weighted by Crippen LogP contribution is -2.25. The summed E-state index contributed by atoms with van der Waals surface area (Å²) in [5.74, 6) is -0.422. The summed E-state index contributed by atoms with van der Waals surface area (Å²) in [6.45, 7) is 5.32. The minimum absolute atomic E-state index is 0.00320. The van der Waals surface area contributed by atoms with Crippen molar-refractivity contribution in [2.24, 2.45) is 7.05 Å². The number of rotatable bonds is 4. The van der Waals surface area contributed by atoms with Gasteiger partial charge in [-0.15, -0.1) is 0 Å². The fourth-order valence-electron chi connectivity index (χ4n) is 2.21. The Balaban J connectivity index is 2.05. The van der Waals surface area contributed by atoms with Gasteiger partial charge in [-0.05, 0) is 32.9 Å². The van der Waals surface area contributed by atoms with E-state index >= 15 is 0 Å². The summed E-state index contributed by atoms with van der Waals surface area (Å²) >= 11 is 0. The van der Waals surface area contributed by atoms with Crippen molar-refractivity contribution < 1.29 is 14.3 Å². The van der Waals surface area contributed by atoms with E-state index in [9.17, 15) is 9.59 Å². The molecule has 2 aromatic rings. The summed E-state index contributed by atoms with van der Waals surface area (Å²) < 4.78 is 6.86. The molecule has 1 heterocycles. The highest BCUT2D eigenvalue weighted by molar-refractivity contribution is 5.93. The highest BCUT2D eigenvalue weighted by Crippen LogP contribution is 2.21. The van der Waals surface area contributed by atoms with Gasteiger partial charge >= 0.3 is 5.97 Å². The largest absolute Gasteiger partial charge is 0.460 e. The van der Waals surface area contributed by atoms with Crippen LogP contribution in [0.15, 0.2) is 18.2 Å². The quantitative estimate of drug-likeness (QED) is 0.870. The van der Waals surface area contributed by atoms with Gasteiger partial charge in [-0.1, -0.05) is 6.07 Å². The number of hydrogen-bond acceptors (Lipinski definition) is 5. The Labute approximate surface area is 140 Å². The maximum Gasteiger partial charge on any atom is 0.306 e. The maximum atomic E-state index is 12.0. The van der Waals surface area contributed by atoms with E-state index in [-0.39, 0.29) is 18.7 Å². The monoisotopic (exact) mass is 328 g/mol. The number of fused-ring (bicyclic) bond motifs is 1. The van der Waals surface area contributed by atoms with E-state index in [1.807, 2.05) is 6.07 Å². The number of hydrogen-bond donors (Lipinski definition) is 1. The molecule has 0 radical (unpaired) electrons. The number of nitriles is 1. The number of imidazole rings is 1. The first kappa shape index (κ1) is 17.5. The van der Waals surface area contributed by atoms with Gasteiger partial charge in [0.1, 0.15) is 17.2 Å². The maximum absolute atomic E-state index is 12.0. The average Bonchev–Trinajstić information content (AvgIpc) is 2.80. The normalized spacial score (nSPS) is 11.1. The van der Waals surface area contributed by atoms with E-state index in [2.05, 4.69) is 16.4 Å². The first-order valence-electron chi connectivity index (χ1n) is 7.58. The third-order valence-electron chi connectivity index (χ3n) is 3.26. The molecule has 0 spiro atoms. The topological polar surface area (TPSA) is 97.0 Å². The number of nitrogens with one attached hydrogen (secondary N) is 1. The first-order chi connectivity index (χ1) is 11.2. The third-order valence-corrected chi connectivity index (χ3v) is 3.26. The summed E-state index contributed by atoms with van der Waals surface area (Å²) in [6, 6.07) is 7.33. The minimum atomic E-state index is -0.571. The highest BCUT2D eigenvalue weighted by atomic mass is 16.6. The van der Waals surface area contributed by atoms with Crippen LogP contribution in [0.5, 0.6) is 0 Å². The van der Waals surface area contributed by atoms with Crippen molar-refractivity contribution in [3.05, 3.63) is 23.8 Å². The van der Waals surface area contributed by atoms with Gasteiger partial charge in [0.25, 0.3) is 0 Å². The molecule has 7 heteroatoms. The Morgan fingerprint density at radius 3 is 2.67 bits per heavy atom.